The van der Waals surface area contributed by atoms with Gasteiger partial charge >= 0.3 is 0 Å². The predicted octanol–water partition coefficient (Wildman–Crippen LogP) is 9.43. The topological polar surface area (TPSA) is 13.1 Å². The van der Waals surface area contributed by atoms with Crippen LogP contribution in [-0.4, -0.2) is 0 Å². The van der Waals surface area contributed by atoms with E-state index < -0.39 is 0 Å². The number of halogens is 1. The summed E-state index contributed by atoms with van der Waals surface area (Å²) in [5.41, 5.74) is 4.14. The summed E-state index contributed by atoms with van der Waals surface area (Å²) in [4.78, 5) is 0. The Hall–Kier alpha value is -3.33. The summed E-state index contributed by atoms with van der Waals surface area (Å²) >= 11 is 8.09. The van der Waals surface area contributed by atoms with E-state index in [0.29, 0.717) is 5.02 Å². The highest BCUT2D eigenvalue weighted by atomic mass is 35.5. The number of rotatable bonds is 1. The third-order valence-corrected chi connectivity index (χ3v) is 7.58. The first-order valence-corrected chi connectivity index (χ1v) is 11.4. The first-order valence-electron chi connectivity index (χ1n) is 10.2. The van der Waals surface area contributed by atoms with Crippen LogP contribution in [0.15, 0.2) is 95.4 Å². The monoisotopic (exact) mass is 434 g/mol. The van der Waals surface area contributed by atoms with E-state index in [1.54, 1.807) is 0 Å². The van der Waals surface area contributed by atoms with Gasteiger partial charge in [-0.05, 0) is 46.2 Å². The minimum absolute atomic E-state index is 0.686. The molecular formula is C28H15ClOS. The number of fused-ring (bicyclic) bond motifs is 8. The van der Waals surface area contributed by atoms with Gasteiger partial charge in [0.25, 0.3) is 0 Å². The molecule has 2 aromatic heterocycles. The molecule has 0 aliphatic rings. The molecule has 2 heterocycles. The lowest BCUT2D eigenvalue weighted by Gasteiger charge is -2.07. The Morgan fingerprint density at radius 1 is 0.613 bits per heavy atom. The Morgan fingerprint density at radius 2 is 1.42 bits per heavy atom. The summed E-state index contributed by atoms with van der Waals surface area (Å²) in [5.74, 6) is 0. The second kappa shape index (κ2) is 6.34. The molecule has 0 spiro atoms. The summed E-state index contributed by atoms with van der Waals surface area (Å²) in [6, 6.07) is 31.9. The minimum atomic E-state index is 0.686. The van der Waals surface area contributed by atoms with Crippen LogP contribution in [0.3, 0.4) is 0 Å². The summed E-state index contributed by atoms with van der Waals surface area (Å²) in [7, 11) is 0. The Labute approximate surface area is 187 Å². The number of benzene rings is 5. The maximum absolute atomic E-state index is 6.22. The van der Waals surface area contributed by atoms with Crippen molar-refractivity contribution in [2.75, 3.05) is 0 Å². The molecule has 5 aromatic carbocycles. The lowest BCUT2D eigenvalue weighted by molar-refractivity contribution is 0.669. The molecule has 0 aliphatic carbocycles. The second-order valence-corrected chi connectivity index (χ2v) is 9.35. The maximum atomic E-state index is 6.22. The van der Waals surface area contributed by atoms with Crippen molar-refractivity contribution in [3.63, 3.8) is 0 Å². The molecule has 0 saturated carbocycles. The molecule has 0 fully saturated rings. The molecule has 0 amide bonds. The van der Waals surface area contributed by atoms with Crippen LogP contribution in [-0.2, 0) is 0 Å². The molecule has 0 atom stereocenters. The zero-order valence-electron chi connectivity index (χ0n) is 16.4. The largest absolute Gasteiger partial charge is 0.456 e. The van der Waals surface area contributed by atoms with Crippen LogP contribution < -0.4 is 0 Å². The van der Waals surface area contributed by atoms with Crippen LogP contribution in [0.2, 0.25) is 5.02 Å². The Morgan fingerprint density at radius 3 is 2.35 bits per heavy atom. The standard InChI is InChI=1S/C28H15ClOS/c29-17-12-14-21-24(15-17)30-23-9-3-7-19(26(21)23)20-8-4-10-25-27(20)22-13-11-16-5-1-2-6-18(16)28(22)31-25/h1-15H. The summed E-state index contributed by atoms with van der Waals surface area (Å²) in [6.07, 6.45) is 0. The SMILES string of the molecule is Clc1ccc2c(c1)oc1cccc(-c3cccc4sc5c6ccccc6ccc5c34)c12. The normalized spacial score (nSPS) is 12.0. The average molecular weight is 435 g/mol. The minimum Gasteiger partial charge on any atom is -0.456 e. The van der Waals surface area contributed by atoms with E-state index in [4.69, 9.17) is 16.0 Å². The van der Waals surface area contributed by atoms with E-state index in [0.717, 1.165) is 21.9 Å². The highest BCUT2D eigenvalue weighted by Gasteiger charge is 2.17. The molecule has 3 heteroatoms. The Bertz CT molecular complexity index is 1810. The molecule has 0 N–H and O–H groups in total. The molecule has 0 unspecified atom stereocenters. The van der Waals surface area contributed by atoms with Crippen molar-refractivity contribution in [3.05, 3.63) is 96.0 Å². The van der Waals surface area contributed by atoms with E-state index in [9.17, 15) is 0 Å². The zero-order valence-corrected chi connectivity index (χ0v) is 17.9. The molecule has 1 nitrogen and oxygen atoms in total. The van der Waals surface area contributed by atoms with Gasteiger partial charge in [0, 0.05) is 42.0 Å². The Balaban J connectivity index is 1.64. The van der Waals surface area contributed by atoms with Crippen molar-refractivity contribution in [1.29, 1.82) is 0 Å². The molecule has 31 heavy (non-hydrogen) atoms. The van der Waals surface area contributed by atoms with Gasteiger partial charge in [-0.25, -0.2) is 0 Å². The summed E-state index contributed by atoms with van der Waals surface area (Å²) < 4.78 is 8.80. The fourth-order valence-corrected chi connectivity index (χ4v) is 6.23. The third kappa shape index (κ3) is 2.43. The third-order valence-electron chi connectivity index (χ3n) is 6.14. The van der Waals surface area contributed by atoms with Crippen molar-refractivity contribution in [1.82, 2.24) is 0 Å². The maximum Gasteiger partial charge on any atom is 0.136 e. The number of thiophene rings is 1. The highest BCUT2D eigenvalue weighted by Crippen LogP contribution is 2.45. The van der Waals surface area contributed by atoms with Crippen LogP contribution in [0.25, 0.3) is 64.0 Å². The van der Waals surface area contributed by atoms with Gasteiger partial charge in [0.05, 0.1) is 0 Å². The van der Waals surface area contributed by atoms with Gasteiger partial charge in [-0.1, -0.05) is 72.3 Å². The van der Waals surface area contributed by atoms with E-state index in [1.807, 2.05) is 29.5 Å². The van der Waals surface area contributed by atoms with Gasteiger partial charge in [0.2, 0.25) is 0 Å². The van der Waals surface area contributed by atoms with Gasteiger partial charge in [0.1, 0.15) is 11.2 Å². The quantitative estimate of drug-likeness (QED) is 0.251. The number of hydrogen-bond acceptors (Lipinski definition) is 2. The van der Waals surface area contributed by atoms with Crippen LogP contribution in [0.5, 0.6) is 0 Å². The molecule has 146 valence electrons. The van der Waals surface area contributed by atoms with Gasteiger partial charge in [-0.15, -0.1) is 11.3 Å². The van der Waals surface area contributed by atoms with E-state index in [2.05, 4.69) is 72.8 Å². The molecule has 7 aromatic rings. The van der Waals surface area contributed by atoms with Crippen molar-refractivity contribution < 1.29 is 4.42 Å². The van der Waals surface area contributed by atoms with E-state index >= 15 is 0 Å². The van der Waals surface area contributed by atoms with Crippen LogP contribution in [0.1, 0.15) is 0 Å². The molecule has 7 rings (SSSR count). The zero-order chi connectivity index (χ0) is 20.5. The summed E-state index contributed by atoms with van der Waals surface area (Å²) in [5, 5.41) is 8.13. The molecular weight excluding hydrogens is 420 g/mol. The fourth-order valence-electron chi connectivity index (χ4n) is 4.80. The van der Waals surface area contributed by atoms with E-state index in [-0.39, 0.29) is 0 Å². The lowest BCUT2D eigenvalue weighted by atomic mass is 9.95. The molecule has 0 bridgehead atoms. The lowest BCUT2D eigenvalue weighted by Crippen LogP contribution is -1.81. The highest BCUT2D eigenvalue weighted by molar-refractivity contribution is 7.26. The number of hydrogen-bond donors (Lipinski definition) is 0. The van der Waals surface area contributed by atoms with Gasteiger partial charge in [0.15, 0.2) is 0 Å². The molecule has 0 aliphatic heterocycles. The fraction of sp³-hybridized carbons (Fsp3) is 0. The predicted molar refractivity (Wildman–Crippen MR) is 135 cm³/mol. The smallest absolute Gasteiger partial charge is 0.136 e. The summed E-state index contributed by atoms with van der Waals surface area (Å²) in [6.45, 7) is 0. The van der Waals surface area contributed by atoms with Crippen LogP contribution in [0, 0.1) is 0 Å². The average Bonchev–Trinajstić information content (AvgIpc) is 3.36. The number of furan rings is 1. The first-order chi connectivity index (χ1) is 15.3. The van der Waals surface area contributed by atoms with Gasteiger partial charge in [-0.2, -0.15) is 0 Å². The van der Waals surface area contributed by atoms with Gasteiger partial charge in [-0.3, -0.25) is 0 Å². The molecule has 0 saturated heterocycles. The van der Waals surface area contributed by atoms with Crippen LogP contribution >= 0.6 is 22.9 Å². The van der Waals surface area contributed by atoms with E-state index in [1.165, 1.54) is 42.1 Å². The molecule has 0 radical (unpaired) electrons. The van der Waals surface area contributed by atoms with Crippen molar-refractivity contribution in [3.8, 4) is 11.1 Å². The van der Waals surface area contributed by atoms with Gasteiger partial charge < -0.3 is 4.42 Å². The van der Waals surface area contributed by atoms with Crippen LogP contribution in [0.4, 0.5) is 0 Å². The van der Waals surface area contributed by atoms with Crippen molar-refractivity contribution >= 4 is 75.8 Å². The Kier molecular flexibility index (Phi) is 3.55. The van der Waals surface area contributed by atoms with Crippen molar-refractivity contribution in [2.45, 2.75) is 0 Å². The second-order valence-electron chi connectivity index (χ2n) is 7.87. The van der Waals surface area contributed by atoms with Crippen molar-refractivity contribution in [2.24, 2.45) is 0 Å². The first kappa shape index (κ1) is 17.4.